The molecule has 1 heterocycles. The van der Waals surface area contributed by atoms with Crippen molar-refractivity contribution in [3.8, 4) is 0 Å². The molecule has 3 aromatic rings. The zero-order valence-electron chi connectivity index (χ0n) is 18.5. The second-order valence-electron chi connectivity index (χ2n) is 7.52. The van der Waals surface area contributed by atoms with Crippen LogP contribution in [0.1, 0.15) is 29.4 Å². The summed E-state index contributed by atoms with van der Waals surface area (Å²) in [6.07, 6.45) is -0.893. The standard InChI is InChI=1S/C25H27N3O3S/c1-18-14-19(2)27-25(26-18)32-17-23(29)31-20(3)24(30)28(15-21-10-6-4-7-11-21)16-22-12-8-5-9-13-22/h4-14,20H,15-17H2,1-3H3. The number of aryl methyl sites for hydroxylation is 2. The SMILES string of the molecule is Cc1cc(C)nc(SCC(=O)OC(C)C(=O)N(Cc2ccccc2)Cc2ccccc2)n1. The summed E-state index contributed by atoms with van der Waals surface area (Å²) in [5, 5.41) is 0.521. The van der Waals surface area contributed by atoms with Gasteiger partial charge in [-0.3, -0.25) is 9.59 Å². The zero-order valence-corrected chi connectivity index (χ0v) is 19.3. The largest absolute Gasteiger partial charge is 0.452 e. The molecule has 0 radical (unpaired) electrons. The average Bonchev–Trinajstić information content (AvgIpc) is 2.77. The van der Waals surface area contributed by atoms with Crippen molar-refractivity contribution in [3.63, 3.8) is 0 Å². The van der Waals surface area contributed by atoms with Crippen LogP contribution in [0.25, 0.3) is 0 Å². The molecule has 32 heavy (non-hydrogen) atoms. The number of esters is 1. The van der Waals surface area contributed by atoms with Crippen LogP contribution in [0.2, 0.25) is 0 Å². The number of carbonyl (C=O) groups excluding carboxylic acids is 2. The van der Waals surface area contributed by atoms with Crippen LogP contribution in [0.4, 0.5) is 0 Å². The smallest absolute Gasteiger partial charge is 0.317 e. The molecule has 3 rings (SSSR count). The van der Waals surface area contributed by atoms with Crippen LogP contribution < -0.4 is 0 Å². The minimum atomic E-state index is -0.893. The molecule has 0 saturated carbocycles. The highest BCUT2D eigenvalue weighted by Gasteiger charge is 2.24. The van der Waals surface area contributed by atoms with E-state index in [1.807, 2.05) is 80.6 Å². The number of amides is 1. The third-order valence-corrected chi connectivity index (χ3v) is 5.50. The van der Waals surface area contributed by atoms with E-state index in [0.717, 1.165) is 22.5 Å². The van der Waals surface area contributed by atoms with Crippen molar-refractivity contribution in [1.82, 2.24) is 14.9 Å². The monoisotopic (exact) mass is 449 g/mol. The molecule has 6 nitrogen and oxygen atoms in total. The molecule has 0 N–H and O–H groups in total. The van der Waals surface area contributed by atoms with Crippen LogP contribution >= 0.6 is 11.8 Å². The minimum absolute atomic E-state index is 0.0396. The van der Waals surface area contributed by atoms with Gasteiger partial charge in [-0.2, -0.15) is 0 Å². The van der Waals surface area contributed by atoms with Crippen molar-refractivity contribution in [2.45, 2.75) is 45.1 Å². The zero-order chi connectivity index (χ0) is 22.9. The maximum atomic E-state index is 13.2. The molecule has 2 aromatic carbocycles. The number of nitrogens with zero attached hydrogens (tertiary/aromatic N) is 3. The van der Waals surface area contributed by atoms with E-state index in [1.54, 1.807) is 11.8 Å². The highest BCUT2D eigenvalue weighted by molar-refractivity contribution is 7.99. The summed E-state index contributed by atoms with van der Waals surface area (Å²) >= 11 is 1.20. The number of hydrogen-bond acceptors (Lipinski definition) is 6. The normalized spacial score (nSPS) is 11.6. The predicted octanol–water partition coefficient (Wildman–Crippen LogP) is 4.35. The summed E-state index contributed by atoms with van der Waals surface area (Å²) in [5.41, 5.74) is 3.71. The van der Waals surface area contributed by atoms with E-state index in [2.05, 4.69) is 9.97 Å². The number of aromatic nitrogens is 2. The summed E-state index contributed by atoms with van der Waals surface area (Å²) < 4.78 is 5.44. The fraction of sp³-hybridized carbons (Fsp3) is 0.280. The molecule has 0 aliphatic rings. The minimum Gasteiger partial charge on any atom is -0.452 e. The number of hydrogen-bond donors (Lipinski definition) is 0. The van der Waals surface area contributed by atoms with Gasteiger partial charge in [0.15, 0.2) is 11.3 Å². The van der Waals surface area contributed by atoms with Crippen molar-refractivity contribution in [3.05, 3.63) is 89.2 Å². The first-order valence-electron chi connectivity index (χ1n) is 10.4. The average molecular weight is 450 g/mol. The summed E-state index contributed by atoms with van der Waals surface area (Å²) in [6, 6.07) is 21.4. The van der Waals surface area contributed by atoms with Gasteiger partial charge in [0.2, 0.25) is 0 Å². The van der Waals surface area contributed by atoms with Gasteiger partial charge in [0, 0.05) is 24.5 Å². The highest BCUT2D eigenvalue weighted by atomic mass is 32.2. The van der Waals surface area contributed by atoms with Gasteiger partial charge in [0.1, 0.15) is 0 Å². The fourth-order valence-electron chi connectivity index (χ4n) is 3.24. The highest BCUT2D eigenvalue weighted by Crippen LogP contribution is 2.16. The van der Waals surface area contributed by atoms with Gasteiger partial charge in [0.05, 0.1) is 5.75 Å². The van der Waals surface area contributed by atoms with Crippen molar-refractivity contribution in [2.24, 2.45) is 0 Å². The van der Waals surface area contributed by atoms with E-state index in [4.69, 9.17) is 4.74 Å². The molecule has 1 unspecified atom stereocenters. The lowest BCUT2D eigenvalue weighted by atomic mass is 10.1. The molecule has 0 aliphatic carbocycles. The van der Waals surface area contributed by atoms with Gasteiger partial charge in [-0.15, -0.1) is 0 Å². The van der Waals surface area contributed by atoms with Gasteiger partial charge >= 0.3 is 5.97 Å². The Morgan fingerprint density at radius 2 is 1.41 bits per heavy atom. The Kier molecular flexibility index (Phi) is 8.39. The third-order valence-electron chi connectivity index (χ3n) is 4.68. The Hall–Kier alpha value is -3.19. The van der Waals surface area contributed by atoms with Crippen LogP contribution in [-0.2, 0) is 27.4 Å². The van der Waals surface area contributed by atoms with Crippen molar-refractivity contribution >= 4 is 23.6 Å². The van der Waals surface area contributed by atoms with E-state index < -0.39 is 12.1 Å². The van der Waals surface area contributed by atoms with E-state index >= 15 is 0 Å². The Morgan fingerprint density at radius 1 is 0.906 bits per heavy atom. The molecule has 1 amide bonds. The van der Waals surface area contributed by atoms with Crippen molar-refractivity contribution in [2.75, 3.05) is 5.75 Å². The summed E-state index contributed by atoms with van der Waals surface area (Å²) in [6.45, 7) is 6.24. The van der Waals surface area contributed by atoms with Gasteiger partial charge < -0.3 is 9.64 Å². The van der Waals surface area contributed by atoms with Gasteiger partial charge in [-0.05, 0) is 38.0 Å². The first-order chi connectivity index (χ1) is 15.4. The topological polar surface area (TPSA) is 72.4 Å². The lowest BCUT2D eigenvalue weighted by Gasteiger charge is -2.26. The second kappa shape index (κ2) is 11.4. The van der Waals surface area contributed by atoms with Crippen molar-refractivity contribution in [1.29, 1.82) is 0 Å². The first kappa shape index (κ1) is 23.5. The van der Waals surface area contributed by atoms with E-state index in [0.29, 0.717) is 18.2 Å². The number of thioether (sulfide) groups is 1. The van der Waals surface area contributed by atoms with Crippen LogP contribution in [0.3, 0.4) is 0 Å². The molecule has 7 heteroatoms. The maximum Gasteiger partial charge on any atom is 0.317 e. The summed E-state index contributed by atoms with van der Waals surface area (Å²) in [7, 11) is 0. The first-order valence-corrected chi connectivity index (χ1v) is 11.4. The summed E-state index contributed by atoms with van der Waals surface area (Å²) in [5.74, 6) is -0.672. The maximum absolute atomic E-state index is 13.2. The van der Waals surface area contributed by atoms with E-state index in [-0.39, 0.29) is 11.7 Å². The van der Waals surface area contributed by atoms with Crippen molar-refractivity contribution < 1.29 is 14.3 Å². The van der Waals surface area contributed by atoms with Gasteiger partial charge in [0.25, 0.3) is 5.91 Å². The van der Waals surface area contributed by atoms with Gasteiger partial charge in [-0.1, -0.05) is 72.4 Å². The number of carbonyl (C=O) groups is 2. The summed E-state index contributed by atoms with van der Waals surface area (Å²) in [4.78, 5) is 35.9. The third kappa shape index (κ3) is 7.20. The quantitative estimate of drug-likeness (QED) is 0.275. The Balaban J connectivity index is 1.62. The van der Waals surface area contributed by atoms with Crippen LogP contribution in [0.5, 0.6) is 0 Å². The Bertz CT molecular complexity index is 983. The lowest BCUT2D eigenvalue weighted by molar-refractivity contribution is -0.157. The molecule has 0 spiro atoms. The molecule has 0 saturated heterocycles. The fourth-order valence-corrected chi connectivity index (χ4v) is 3.97. The number of rotatable bonds is 9. The predicted molar refractivity (Wildman–Crippen MR) is 125 cm³/mol. The van der Waals surface area contributed by atoms with Crippen LogP contribution in [-0.4, -0.2) is 38.6 Å². The van der Waals surface area contributed by atoms with Crippen LogP contribution in [0, 0.1) is 13.8 Å². The lowest BCUT2D eigenvalue weighted by Crippen LogP contribution is -2.39. The number of benzene rings is 2. The molecule has 1 aromatic heterocycles. The van der Waals surface area contributed by atoms with E-state index in [9.17, 15) is 9.59 Å². The van der Waals surface area contributed by atoms with E-state index in [1.165, 1.54) is 11.8 Å². The molecule has 0 aliphatic heterocycles. The number of ether oxygens (including phenoxy) is 1. The van der Waals surface area contributed by atoms with Gasteiger partial charge in [-0.25, -0.2) is 9.97 Å². The molecular formula is C25H27N3O3S. The molecule has 0 bridgehead atoms. The Morgan fingerprint density at radius 3 is 1.91 bits per heavy atom. The van der Waals surface area contributed by atoms with Crippen LogP contribution in [0.15, 0.2) is 71.9 Å². The molecule has 166 valence electrons. The second-order valence-corrected chi connectivity index (χ2v) is 8.46. The molecule has 0 fully saturated rings. The Labute approximate surface area is 193 Å². The molecule has 1 atom stereocenters. The molecular weight excluding hydrogens is 422 g/mol.